The molecular weight excluding hydrogens is 436 g/mol. The molecule has 176 valence electrons. The van der Waals surface area contributed by atoms with E-state index in [1.54, 1.807) is 23.3 Å². The zero-order valence-electron chi connectivity index (χ0n) is 20.6. The molecule has 0 saturated carbocycles. The molecule has 1 aliphatic heterocycles. The van der Waals surface area contributed by atoms with Crippen LogP contribution in [0.1, 0.15) is 61.4 Å². The van der Waals surface area contributed by atoms with Crippen molar-refractivity contribution in [1.82, 2.24) is 19.4 Å². The molecule has 0 atom stereocenters. The van der Waals surface area contributed by atoms with Crippen LogP contribution in [-0.2, 0) is 12.8 Å². The lowest BCUT2D eigenvalue weighted by Gasteiger charge is -2.32. The van der Waals surface area contributed by atoms with Gasteiger partial charge in [0.15, 0.2) is 23.0 Å². The number of carbonyl (C=O) groups excluding carboxylic acids is 1. The van der Waals surface area contributed by atoms with E-state index in [9.17, 15) is 4.79 Å². The van der Waals surface area contributed by atoms with Crippen LogP contribution in [0.15, 0.2) is 18.3 Å². The summed E-state index contributed by atoms with van der Waals surface area (Å²) >= 11 is 1.57. The van der Waals surface area contributed by atoms with E-state index < -0.39 is 0 Å². The van der Waals surface area contributed by atoms with E-state index in [1.807, 2.05) is 66.9 Å². The monoisotopic (exact) mass is 468 g/mol. The maximum Gasteiger partial charge on any atom is 0.274 e. The van der Waals surface area contributed by atoms with Crippen molar-refractivity contribution in [1.29, 1.82) is 0 Å². The number of imidazole rings is 1. The summed E-state index contributed by atoms with van der Waals surface area (Å²) < 4.78 is 13.8. The summed E-state index contributed by atoms with van der Waals surface area (Å²) in [5, 5.41) is 0.955. The number of methoxy groups -OCH3 is 1. The minimum absolute atomic E-state index is 0.00369. The van der Waals surface area contributed by atoms with Crippen molar-refractivity contribution in [3.05, 3.63) is 40.3 Å². The fourth-order valence-corrected chi connectivity index (χ4v) is 4.72. The summed E-state index contributed by atoms with van der Waals surface area (Å²) in [6, 6.07) is 4.05. The molecule has 3 heterocycles. The van der Waals surface area contributed by atoms with Gasteiger partial charge in [-0.25, -0.2) is 9.97 Å². The number of hydrogen-bond donors (Lipinski definition) is 0. The average molecular weight is 469 g/mol. The lowest BCUT2D eigenvalue weighted by Crippen LogP contribution is -2.43. The van der Waals surface area contributed by atoms with Crippen LogP contribution < -0.4 is 9.47 Å². The van der Waals surface area contributed by atoms with Gasteiger partial charge in [0.05, 0.1) is 34.5 Å². The number of rotatable bonds is 5. The molecule has 0 spiro atoms. The largest absolute Gasteiger partial charge is 0.493 e. The van der Waals surface area contributed by atoms with Crippen LogP contribution in [0.5, 0.6) is 11.5 Å². The molecule has 0 N–H and O–H groups in total. The highest BCUT2D eigenvalue weighted by Gasteiger charge is 2.33. The molecule has 0 aliphatic carbocycles. The number of nitrogens with zero attached hydrogens (tertiary/aromatic N) is 4. The Morgan fingerprint density at radius 3 is 2.52 bits per heavy atom. The first-order valence-electron chi connectivity index (χ1n) is 11.2. The van der Waals surface area contributed by atoms with E-state index >= 15 is 0 Å². The SMILES string of the molecule is COc1cc2c(cc1OC(C)C)-n1c(-c3cnc(C)s3)nc(C(=O)N(C)C(C)(C)C)c1CC2. The maximum atomic E-state index is 13.5. The number of benzene rings is 1. The van der Waals surface area contributed by atoms with Crippen LogP contribution in [0.4, 0.5) is 0 Å². The van der Waals surface area contributed by atoms with Gasteiger partial charge in [-0.05, 0) is 66.0 Å². The van der Waals surface area contributed by atoms with Crippen LogP contribution in [0.3, 0.4) is 0 Å². The van der Waals surface area contributed by atoms with Crippen LogP contribution in [0.2, 0.25) is 0 Å². The topological polar surface area (TPSA) is 69.5 Å². The summed E-state index contributed by atoms with van der Waals surface area (Å²) in [6.45, 7) is 12.0. The zero-order chi connectivity index (χ0) is 24.1. The quantitative estimate of drug-likeness (QED) is 0.523. The summed E-state index contributed by atoms with van der Waals surface area (Å²) in [7, 11) is 3.49. The second-order valence-corrected chi connectivity index (χ2v) is 10.9. The van der Waals surface area contributed by atoms with E-state index in [1.165, 1.54) is 0 Å². The number of aromatic nitrogens is 3. The number of ether oxygens (including phenoxy) is 2. The van der Waals surface area contributed by atoms with Gasteiger partial charge in [0, 0.05) is 24.8 Å². The maximum absolute atomic E-state index is 13.5. The standard InChI is InChI=1S/C25H32N4O3S/c1-14(2)32-20-12-18-16(11-19(20)31-8)9-10-17-22(24(30)28(7)25(4,5)6)27-23(29(17)18)21-13-26-15(3)33-21/h11-14H,9-10H2,1-8H3. The van der Waals surface area contributed by atoms with Gasteiger partial charge in [-0.3, -0.25) is 9.36 Å². The number of amides is 1. The predicted molar refractivity (Wildman–Crippen MR) is 131 cm³/mol. The van der Waals surface area contributed by atoms with Gasteiger partial charge in [0.25, 0.3) is 5.91 Å². The van der Waals surface area contributed by atoms with E-state index in [4.69, 9.17) is 14.5 Å². The van der Waals surface area contributed by atoms with E-state index in [-0.39, 0.29) is 17.6 Å². The molecule has 0 bridgehead atoms. The molecule has 8 heteroatoms. The van der Waals surface area contributed by atoms with Crippen molar-refractivity contribution in [2.75, 3.05) is 14.2 Å². The summed E-state index contributed by atoms with van der Waals surface area (Å²) in [6.07, 6.45) is 3.34. The third-order valence-electron chi connectivity index (χ3n) is 5.93. The number of hydrogen-bond acceptors (Lipinski definition) is 6. The minimum atomic E-state index is -0.312. The molecular formula is C25H32N4O3S. The Morgan fingerprint density at radius 2 is 1.94 bits per heavy atom. The molecule has 1 amide bonds. The molecule has 3 aromatic rings. The Kier molecular flexibility index (Phi) is 5.99. The van der Waals surface area contributed by atoms with Crippen LogP contribution in [0, 0.1) is 6.92 Å². The minimum Gasteiger partial charge on any atom is -0.493 e. The molecule has 1 aliphatic rings. The third kappa shape index (κ3) is 4.24. The van der Waals surface area contributed by atoms with Crippen molar-refractivity contribution in [3.8, 4) is 27.9 Å². The van der Waals surface area contributed by atoms with Crippen LogP contribution in [-0.4, -0.2) is 51.1 Å². The van der Waals surface area contributed by atoms with Gasteiger partial charge in [0.2, 0.25) is 0 Å². The molecule has 0 unspecified atom stereocenters. The molecule has 0 radical (unpaired) electrons. The average Bonchev–Trinajstić information content (AvgIpc) is 3.34. The Morgan fingerprint density at radius 1 is 1.21 bits per heavy atom. The van der Waals surface area contributed by atoms with Gasteiger partial charge < -0.3 is 14.4 Å². The highest BCUT2D eigenvalue weighted by molar-refractivity contribution is 7.15. The Labute approximate surface area is 199 Å². The van der Waals surface area contributed by atoms with E-state index in [0.29, 0.717) is 23.6 Å². The smallest absolute Gasteiger partial charge is 0.274 e. The van der Waals surface area contributed by atoms with Crippen LogP contribution >= 0.6 is 11.3 Å². The van der Waals surface area contributed by atoms with E-state index in [2.05, 4.69) is 9.55 Å². The molecule has 0 saturated heterocycles. The molecule has 0 fully saturated rings. The Bertz CT molecular complexity index is 1200. The molecule has 1 aromatic carbocycles. The highest BCUT2D eigenvalue weighted by Crippen LogP contribution is 2.40. The van der Waals surface area contributed by atoms with Gasteiger partial charge in [0.1, 0.15) is 0 Å². The fourth-order valence-electron chi connectivity index (χ4n) is 3.97. The normalized spacial score (nSPS) is 13.0. The van der Waals surface area contributed by atoms with Gasteiger partial charge in [-0.1, -0.05) is 0 Å². The van der Waals surface area contributed by atoms with Gasteiger partial charge >= 0.3 is 0 Å². The third-order valence-corrected chi connectivity index (χ3v) is 6.84. The van der Waals surface area contributed by atoms with Gasteiger partial charge in [-0.15, -0.1) is 11.3 Å². The summed E-state index contributed by atoms with van der Waals surface area (Å²) in [5.41, 5.74) is 3.22. The second-order valence-electron chi connectivity index (χ2n) is 9.64. The number of carbonyl (C=O) groups is 1. The van der Waals surface area contributed by atoms with Gasteiger partial charge in [-0.2, -0.15) is 0 Å². The first-order chi connectivity index (χ1) is 15.5. The van der Waals surface area contributed by atoms with Crippen molar-refractivity contribution >= 4 is 17.2 Å². The summed E-state index contributed by atoms with van der Waals surface area (Å²) in [4.78, 5) is 25.6. The predicted octanol–water partition coefficient (Wildman–Crippen LogP) is 5.07. The molecule has 4 rings (SSSR count). The lowest BCUT2D eigenvalue weighted by atomic mass is 9.98. The van der Waals surface area contributed by atoms with Crippen LogP contribution in [0.25, 0.3) is 16.4 Å². The molecule has 2 aromatic heterocycles. The molecule has 7 nitrogen and oxygen atoms in total. The van der Waals surface area contributed by atoms with E-state index in [0.717, 1.165) is 39.1 Å². The Balaban J connectivity index is 1.95. The van der Waals surface area contributed by atoms with Crippen molar-refractivity contribution in [3.63, 3.8) is 0 Å². The first-order valence-corrected chi connectivity index (χ1v) is 12.0. The summed E-state index contributed by atoms with van der Waals surface area (Å²) in [5.74, 6) is 2.06. The highest BCUT2D eigenvalue weighted by atomic mass is 32.1. The van der Waals surface area contributed by atoms with Crippen molar-refractivity contribution in [2.45, 2.75) is 66.0 Å². The lowest BCUT2D eigenvalue weighted by molar-refractivity contribution is 0.0649. The Hall–Kier alpha value is -2.87. The second kappa shape index (κ2) is 8.48. The number of thiazole rings is 1. The zero-order valence-corrected chi connectivity index (χ0v) is 21.5. The number of aryl methyl sites for hydroxylation is 2. The van der Waals surface area contributed by atoms with Crippen molar-refractivity contribution in [2.24, 2.45) is 0 Å². The fraction of sp³-hybridized carbons (Fsp3) is 0.480. The molecule has 33 heavy (non-hydrogen) atoms. The number of fused-ring (bicyclic) bond motifs is 3. The first kappa shape index (κ1) is 23.3. The van der Waals surface area contributed by atoms with Crippen molar-refractivity contribution < 1.29 is 14.3 Å².